The van der Waals surface area contributed by atoms with E-state index in [0.29, 0.717) is 11.7 Å². The van der Waals surface area contributed by atoms with Crippen molar-refractivity contribution in [1.29, 1.82) is 0 Å². The van der Waals surface area contributed by atoms with Crippen molar-refractivity contribution in [2.75, 3.05) is 18.0 Å². The summed E-state index contributed by atoms with van der Waals surface area (Å²) in [5.74, 6) is 0.782. The second kappa shape index (κ2) is 6.40. The van der Waals surface area contributed by atoms with Crippen LogP contribution in [0, 0.1) is 5.41 Å². The highest BCUT2D eigenvalue weighted by Crippen LogP contribution is 2.49. The Kier molecular flexibility index (Phi) is 4.23. The van der Waals surface area contributed by atoms with Crippen LogP contribution in [0.2, 0.25) is 0 Å². The van der Waals surface area contributed by atoms with Crippen LogP contribution in [-0.2, 0) is 6.42 Å². The first-order valence-electron chi connectivity index (χ1n) is 9.71. The normalized spacial score (nSPS) is 22.5. The predicted molar refractivity (Wildman–Crippen MR) is 105 cm³/mol. The zero-order chi connectivity index (χ0) is 17.4. The van der Waals surface area contributed by atoms with Crippen LogP contribution in [0.15, 0.2) is 42.5 Å². The van der Waals surface area contributed by atoms with Crippen molar-refractivity contribution < 1.29 is 5.11 Å². The van der Waals surface area contributed by atoms with Crippen LogP contribution < -0.4 is 4.90 Å². The van der Waals surface area contributed by atoms with Crippen molar-refractivity contribution in [3.8, 4) is 5.75 Å². The van der Waals surface area contributed by atoms with E-state index < -0.39 is 0 Å². The maximum absolute atomic E-state index is 9.85. The van der Waals surface area contributed by atoms with Crippen molar-refractivity contribution in [1.82, 2.24) is 0 Å². The van der Waals surface area contributed by atoms with E-state index >= 15 is 0 Å². The molecular weight excluding hydrogens is 306 g/mol. The molecule has 132 valence electrons. The molecule has 1 heterocycles. The largest absolute Gasteiger partial charge is 0.508 e. The molecule has 0 bridgehead atoms. The fraction of sp³-hybridized carbons (Fsp3) is 0.478. The lowest BCUT2D eigenvalue weighted by Crippen LogP contribution is -2.30. The molecule has 2 aromatic rings. The molecule has 0 saturated carbocycles. The zero-order valence-corrected chi connectivity index (χ0v) is 15.5. The van der Waals surface area contributed by atoms with Gasteiger partial charge in [0.2, 0.25) is 0 Å². The van der Waals surface area contributed by atoms with Crippen LogP contribution in [0.4, 0.5) is 5.69 Å². The van der Waals surface area contributed by atoms with Gasteiger partial charge in [0.05, 0.1) is 0 Å². The number of anilines is 1. The quantitative estimate of drug-likeness (QED) is 0.785. The molecule has 0 aromatic heterocycles. The van der Waals surface area contributed by atoms with Crippen molar-refractivity contribution in [2.45, 2.75) is 51.9 Å². The summed E-state index contributed by atoms with van der Waals surface area (Å²) in [4.78, 5) is 2.52. The SMILES string of the molecule is CC1(C)CCc2cc(O)ccc2[C@H]1c1ccc(N2CCCCC2)cc1. The number of benzene rings is 2. The molecule has 1 fully saturated rings. The number of fused-ring (bicyclic) bond motifs is 1. The second-order valence-corrected chi connectivity index (χ2v) is 8.44. The molecule has 1 atom stereocenters. The summed E-state index contributed by atoms with van der Waals surface area (Å²) in [7, 11) is 0. The Balaban J connectivity index is 1.68. The minimum Gasteiger partial charge on any atom is -0.508 e. The van der Waals surface area contributed by atoms with E-state index in [0.717, 1.165) is 12.8 Å². The van der Waals surface area contributed by atoms with E-state index in [2.05, 4.69) is 49.1 Å². The Morgan fingerprint density at radius 3 is 2.40 bits per heavy atom. The van der Waals surface area contributed by atoms with E-state index in [9.17, 15) is 5.11 Å². The lowest BCUT2D eigenvalue weighted by molar-refractivity contribution is 0.273. The first-order valence-corrected chi connectivity index (χ1v) is 9.71. The standard InChI is InChI=1S/C23H29NO/c1-23(2)13-12-18-16-20(25)10-11-21(18)22(23)17-6-8-19(9-7-17)24-14-4-3-5-15-24/h6-11,16,22,25H,3-5,12-15H2,1-2H3/t22-/m1/s1. The molecule has 2 aliphatic rings. The summed E-state index contributed by atoms with van der Waals surface area (Å²) < 4.78 is 0. The number of rotatable bonds is 2. The van der Waals surface area contributed by atoms with Gasteiger partial charge in [0.25, 0.3) is 0 Å². The molecule has 0 spiro atoms. The molecule has 1 saturated heterocycles. The smallest absolute Gasteiger partial charge is 0.115 e. The molecule has 1 aliphatic carbocycles. The first-order chi connectivity index (χ1) is 12.0. The van der Waals surface area contributed by atoms with Gasteiger partial charge in [-0.25, -0.2) is 0 Å². The average Bonchev–Trinajstić information content (AvgIpc) is 2.62. The molecule has 0 unspecified atom stereocenters. The number of nitrogens with zero attached hydrogens (tertiary/aromatic N) is 1. The number of phenols is 1. The molecule has 0 radical (unpaired) electrons. The summed E-state index contributed by atoms with van der Waals surface area (Å²) >= 11 is 0. The van der Waals surface area contributed by atoms with Gasteiger partial charge in [-0.2, -0.15) is 0 Å². The van der Waals surface area contributed by atoms with E-state index in [1.807, 2.05) is 12.1 Å². The first kappa shape index (κ1) is 16.5. The highest BCUT2D eigenvalue weighted by Gasteiger charge is 2.36. The van der Waals surface area contributed by atoms with Gasteiger partial charge in [-0.1, -0.05) is 32.0 Å². The van der Waals surface area contributed by atoms with Crippen molar-refractivity contribution in [2.24, 2.45) is 5.41 Å². The van der Waals surface area contributed by atoms with Crippen molar-refractivity contribution >= 4 is 5.69 Å². The van der Waals surface area contributed by atoms with E-state index in [1.165, 1.54) is 54.7 Å². The highest BCUT2D eigenvalue weighted by atomic mass is 16.3. The summed E-state index contributed by atoms with van der Waals surface area (Å²) in [5.41, 5.74) is 5.70. The number of aryl methyl sites for hydroxylation is 1. The monoisotopic (exact) mass is 335 g/mol. The lowest BCUT2D eigenvalue weighted by Gasteiger charge is -2.41. The number of hydrogen-bond acceptors (Lipinski definition) is 2. The zero-order valence-electron chi connectivity index (χ0n) is 15.5. The van der Waals surface area contributed by atoms with Crippen LogP contribution in [0.1, 0.15) is 62.1 Å². The Hall–Kier alpha value is -1.96. The van der Waals surface area contributed by atoms with E-state index in [4.69, 9.17) is 0 Å². The van der Waals surface area contributed by atoms with Gasteiger partial charge < -0.3 is 10.0 Å². The van der Waals surface area contributed by atoms with Crippen LogP contribution >= 0.6 is 0 Å². The Morgan fingerprint density at radius 1 is 0.960 bits per heavy atom. The molecule has 4 rings (SSSR count). The fourth-order valence-corrected chi connectivity index (χ4v) is 4.77. The third-order valence-corrected chi connectivity index (χ3v) is 6.21. The summed E-state index contributed by atoms with van der Waals surface area (Å²) in [5, 5.41) is 9.85. The minimum absolute atomic E-state index is 0.233. The second-order valence-electron chi connectivity index (χ2n) is 8.44. The predicted octanol–water partition coefficient (Wildman–Crippen LogP) is 5.49. The third kappa shape index (κ3) is 3.15. The molecular formula is C23H29NO. The summed E-state index contributed by atoms with van der Waals surface area (Å²) in [6.45, 7) is 7.14. The van der Waals surface area contributed by atoms with Gasteiger partial charge in [-0.3, -0.25) is 0 Å². The molecule has 1 N–H and O–H groups in total. The lowest BCUT2D eigenvalue weighted by atomic mass is 9.63. The number of piperidine rings is 1. The summed E-state index contributed by atoms with van der Waals surface area (Å²) in [6.07, 6.45) is 6.21. The van der Waals surface area contributed by atoms with Crippen LogP contribution in [0.5, 0.6) is 5.75 Å². The molecule has 25 heavy (non-hydrogen) atoms. The summed E-state index contributed by atoms with van der Waals surface area (Å²) in [6, 6.07) is 15.2. The van der Waals surface area contributed by atoms with Crippen molar-refractivity contribution in [3.63, 3.8) is 0 Å². The highest BCUT2D eigenvalue weighted by molar-refractivity contribution is 5.51. The molecule has 2 nitrogen and oxygen atoms in total. The van der Waals surface area contributed by atoms with Crippen LogP contribution in [-0.4, -0.2) is 18.2 Å². The number of phenolic OH excluding ortho intramolecular Hbond substituents is 1. The van der Waals surface area contributed by atoms with Gasteiger partial charge in [0, 0.05) is 24.7 Å². The third-order valence-electron chi connectivity index (χ3n) is 6.21. The maximum Gasteiger partial charge on any atom is 0.115 e. The van der Waals surface area contributed by atoms with E-state index in [1.54, 1.807) is 0 Å². The average molecular weight is 335 g/mol. The Morgan fingerprint density at radius 2 is 1.68 bits per heavy atom. The Labute approximate surface area is 151 Å². The molecule has 1 aliphatic heterocycles. The van der Waals surface area contributed by atoms with Crippen molar-refractivity contribution in [3.05, 3.63) is 59.2 Å². The number of hydrogen-bond donors (Lipinski definition) is 1. The minimum atomic E-state index is 0.233. The molecule has 2 heteroatoms. The molecule has 2 aromatic carbocycles. The number of aromatic hydroxyl groups is 1. The van der Waals surface area contributed by atoms with E-state index in [-0.39, 0.29) is 5.41 Å². The van der Waals surface area contributed by atoms with Gasteiger partial charge in [0.15, 0.2) is 0 Å². The fourth-order valence-electron chi connectivity index (χ4n) is 4.77. The Bertz CT molecular complexity index is 741. The molecule has 0 amide bonds. The van der Waals surface area contributed by atoms with Crippen LogP contribution in [0.25, 0.3) is 0 Å². The maximum atomic E-state index is 9.85. The topological polar surface area (TPSA) is 23.5 Å². The van der Waals surface area contributed by atoms with Gasteiger partial charge in [-0.05, 0) is 78.5 Å². The van der Waals surface area contributed by atoms with Gasteiger partial charge in [0.1, 0.15) is 5.75 Å². The van der Waals surface area contributed by atoms with Gasteiger partial charge >= 0.3 is 0 Å². The van der Waals surface area contributed by atoms with Gasteiger partial charge in [-0.15, -0.1) is 0 Å². The van der Waals surface area contributed by atoms with Crippen LogP contribution in [0.3, 0.4) is 0 Å².